The highest BCUT2D eigenvalue weighted by atomic mass is 79.9. The van der Waals surface area contributed by atoms with Crippen LogP contribution in [0.2, 0.25) is 0 Å². The summed E-state index contributed by atoms with van der Waals surface area (Å²) in [5.41, 5.74) is 4.46. The molecule has 0 amide bonds. The first kappa shape index (κ1) is 18.5. The molecule has 2 nitrogen and oxygen atoms in total. The molecule has 0 heterocycles. The quantitative estimate of drug-likeness (QED) is 0.764. The summed E-state index contributed by atoms with van der Waals surface area (Å²) in [6, 6.07) is 1.56. The molecule has 0 bridgehead atoms. The molecule has 0 aromatic heterocycles. The van der Waals surface area contributed by atoms with Crippen LogP contribution >= 0.6 is 28.3 Å². The summed E-state index contributed by atoms with van der Waals surface area (Å²) >= 11 is 3.01. The van der Waals surface area contributed by atoms with E-state index in [4.69, 9.17) is 5.73 Å². The van der Waals surface area contributed by atoms with E-state index in [1.807, 2.05) is 0 Å². The fourth-order valence-electron chi connectivity index (χ4n) is 1.54. The summed E-state index contributed by atoms with van der Waals surface area (Å²) in [7, 11) is 0. The van der Waals surface area contributed by atoms with Gasteiger partial charge >= 0.3 is 6.18 Å². The Bertz CT molecular complexity index is 458. The molecule has 0 saturated carbocycles. The number of aromatic hydroxyl groups is 1. The summed E-state index contributed by atoms with van der Waals surface area (Å²) < 4.78 is 38.5. The van der Waals surface area contributed by atoms with Gasteiger partial charge in [0, 0.05) is 16.1 Å². The monoisotopic (exact) mass is 361 g/mol. The van der Waals surface area contributed by atoms with Crippen molar-refractivity contribution in [3.05, 3.63) is 27.7 Å². The van der Waals surface area contributed by atoms with Crippen LogP contribution in [-0.2, 0) is 6.18 Å². The van der Waals surface area contributed by atoms with Gasteiger partial charge in [0.1, 0.15) is 5.75 Å². The number of halogens is 5. The number of rotatable bonds is 1. The van der Waals surface area contributed by atoms with Crippen molar-refractivity contribution >= 4 is 28.3 Å². The second-order valence-electron chi connectivity index (χ2n) is 5.23. The number of alkyl halides is 3. The highest BCUT2D eigenvalue weighted by molar-refractivity contribution is 9.10. The zero-order valence-electron chi connectivity index (χ0n) is 10.7. The van der Waals surface area contributed by atoms with Crippen molar-refractivity contribution in [3.8, 4) is 5.75 Å². The number of hydrogen-bond acceptors (Lipinski definition) is 2. The van der Waals surface area contributed by atoms with Gasteiger partial charge in [-0.2, -0.15) is 13.2 Å². The van der Waals surface area contributed by atoms with Crippen LogP contribution in [0.4, 0.5) is 13.2 Å². The van der Waals surface area contributed by atoms with Gasteiger partial charge < -0.3 is 10.8 Å². The Balaban J connectivity index is 0.00000324. The Morgan fingerprint density at radius 2 is 1.68 bits per heavy atom. The van der Waals surface area contributed by atoms with E-state index in [1.54, 1.807) is 20.8 Å². The molecule has 0 unspecified atom stereocenters. The van der Waals surface area contributed by atoms with Crippen molar-refractivity contribution in [2.24, 2.45) is 11.1 Å². The van der Waals surface area contributed by atoms with Gasteiger partial charge in [-0.05, 0) is 17.5 Å². The average molecular weight is 363 g/mol. The Morgan fingerprint density at radius 1 is 1.21 bits per heavy atom. The van der Waals surface area contributed by atoms with Crippen LogP contribution in [0.15, 0.2) is 16.6 Å². The minimum atomic E-state index is -4.61. The van der Waals surface area contributed by atoms with Gasteiger partial charge in [0.2, 0.25) is 0 Å². The summed E-state index contributed by atoms with van der Waals surface area (Å²) in [6.07, 6.45) is -4.61. The molecule has 0 fully saturated rings. The van der Waals surface area contributed by atoms with Crippen molar-refractivity contribution in [1.82, 2.24) is 0 Å². The van der Waals surface area contributed by atoms with Crippen molar-refractivity contribution in [1.29, 1.82) is 0 Å². The van der Waals surface area contributed by atoms with Crippen LogP contribution in [0, 0.1) is 5.41 Å². The molecule has 0 spiro atoms. The Morgan fingerprint density at radius 3 is 2.05 bits per heavy atom. The van der Waals surface area contributed by atoms with Crippen LogP contribution in [0.1, 0.15) is 37.9 Å². The van der Waals surface area contributed by atoms with Crippen molar-refractivity contribution in [2.45, 2.75) is 33.0 Å². The van der Waals surface area contributed by atoms with E-state index in [-0.39, 0.29) is 22.4 Å². The molecule has 3 N–H and O–H groups in total. The van der Waals surface area contributed by atoms with Crippen LogP contribution < -0.4 is 5.73 Å². The highest BCUT2D eigenvalue weighted by Gasteiger charge is 2.37. The van der Waals surface area contributed by atoms with Crippen molar-refractivity contribution in [3.63, 3.8) is 0 Å². The van der Waals surface area contributed by atoms with E-state index in [2.05, 4.69) is 15.9 Å². The molecule has 19 heavy (non-hydrogen) atoms. The second kappa shape index (κ2) is 5.89. The zero-order chi connectivity index (χ0) is 14.3. The maximum absolute atomic E-state index is 12.7. The predicted octanol–water partition coefficient (Wildman–Crippen LogP) is 4.64. The van der Waals surface area contributed by atoms with Gasteiger partial charge in [-0.25, -0.2) is 0 Å². The van der Waals surface area contributed by atoms with Crippen LogP contribution in [0.25, 0.3) is 0 Å². The van der Waals surface area contributed by atoms with Crippen molar-refractivity contribution in [2.75, 3.05) is 0 Å². The number of nitrogens with two attached hydrogens (primary N) is 1. The van der Waals surface area contributed by atoms with Gasteiger partial charge in [0.15, 0.2) is 0 Å². The lowest BCUT2D eigenvalue weighted by Crippen LogP contribution is -2.26. The summed E-state index contributed by atoms with van der Waals surface area (Å²) in [4.78, 5) is 0. The zero-order valence-corrected chi connectivity index (χ0v) is 13.1. The molecule has 0 radical (unpaired) electrons. The SMILES string of the molecule is CC(C)(C)[C@@H](N)c1cc(Br)cc(C(F)(F)F)c1O.Cl. The standard InChI is InChI=1S/C12H15BrF3NO.ClH/c1-11(2,3)10(17)7-4-6(13)5-8(9(7)18)12(14,15)16;/h4-5,10,18H,17H2,1-3H3;1H/t10-;/m0./s1. The first-order valence-electron chi connectivity index (χ1n) is 5.29. The molecule has 110 valence electrons. The molecule has 0 saturated heterocycles. The van der Waals surface area contributed by atoms with E-state index in [1.165, 1.54) is 6.07 Å². The summed E-state index contributed by atoms with van der Waals surface area (Å²) in [5, 5.41) is 9.76. The lowest BCUT2D eigenvalue weighted by atomic mass is 9.82. The first-order valence-corrected chi connectivity index (χ1v) is 6.09. The Kier molecular flexibility index (Phi) is 5.75. The van der Waals surface area contributed by atoms with Crippen molar-refractivity contribution < 1.29 is 18.3 Å². The topological polar surface area (TPSA) is 46.2 Å². The number of phenolic OH excluding ortho intramolecular Hbond substituents is 1. The fraction of sp³-hybridized carbons (Fsp3) is 0.500. The molecular weight excluding hydrogens is 346 g/mol. The van der Waals surface area contributed by atoms with Crippen LogP contribution in [0.3, 0.4) is 0 Å². The average Bonchev–Trinajstić information content (AvgIpc) is 2.17. The van der Waals surface area contributed by atoms with E-state index < -0.39 is 28.9 Å². The lowest BCUT2D eigenvalue weighted by Gasteiger charge is -2.29. The lowest BCUT2D eigenvalue weighted by molar-refractivity contribution is -0.138. The van der Waals surface area contributed by atoms with E-state index >= 15 is 0 Å². The van der Waals surface area contributed by atoms with Gasteiger partial charge in [-0.15, -0.1) is 12.4 Å². The molecule has 1 aromatic carbocycles. The third-order valence-corrected chi connectivity index (χ3v) is 3.14. The first-order chi connectivity index (χ1) is 7.94. The second-order valence-corrected chi connectivity index (χ2v) is 6.15. The molecule has 1 rings (SSSR count). The highest BCUT2D eigenvalue weighted by Crippen LogP contribution is 2.44. The maximum Gasteiger partial charge on any atom is 0.420 e. The third kappa shape index (κ3) is 4.26. The molecule has 0 aliphatic carbocycles. The summed E-state index contributed by atoms with van der Waals surface area (Å²) in [6.45, 7) is 5.39. The normalized spacial score (nSPS) is 13.9. The summed E-state index contributed by atoms with van der Waals surface area (Å²) in [5.74, 6) is -0.798. The minimum absolute atomic E-state index is 0. The largest absolute Gasteiger partial charge is 0.507 e. The number of phenols is 1. The number of benzene rings is 1. The van der Waals surface area contributed by atoms with Gasteiger partial charge in [0.25, 0.3) is 0 Å². The Labute approximate surface area is 124 Å². The molecule has 7 heteroatoms. The molecule has 1 atom stereocenters. The smallest absolute Gasteiger partial charge is 0.420 e. The van der Waals surface area contributed by atoms with E-state index in [0.29, 0.717) is 0 Å². The minimum Gasteiger partial charge on any atom is -0.507 e. The molecular formula is C12H16BrClF3NO. The van der Waals surface area contributed by atoms with Crippen LogP contribution in [0.5, 0.6) is 5.75 Å². The van der Waals surface area contributed by atoms with E-state index in [0.717, 1.165) is 6.07 Å². The fourth-order valence-corrected chi connectivity index (χ4v) is 2.02. The van der Waals surface area contributed by atoms with Gasteiger partial charge in [0.05, 0.1) is 5.56 Å². The van der Waals surface area contributed by atoms with Gasteiger partial charge in [-0.3, -0.25) is 0 Å². The molecule has 1 aromatic rings. The Hall–Kier alpha value is -0.460. The number of hydrogen-bond donors (Lipinski definition) is 2. The molecule has 0 aliphatic rings. The molecule has 0 aliphatic heterocycles. The van der Waals surface area contributed by atoms with Gasteiger partial charge in [-0.1, -0.05) is 36.7 Å². The van der Waals surface area contributed by atoms with Crippen LogP contribution in [-0.4, -0.2) is 5.11 Å². The third-order valence-electron chi connectivity index (χ3n) is 2.68. The maximum atomic E-state index is 12.7. The van der Waals surface area contributed by atoms with E-state index in [9.17, 15) is 18.3 Å². The predicted molar refractivity (Wildman–Crippen MR) is 74.4 cm³/mol.